The van der Waals surface area contributed by atoms with Gasteiger partial charge in [-0.2, -0.15) is 0 Å². The minimum atomic E-state index is -0.380. The molecule has 1 aromatic rings. The van der Waals surface area contributed by atoms with Gasteiger partial charge in [0.15, 0.2) is 0 Å². The number of aliphatic hydroxyl groups excluding tert-OH is 1. The minimum Gasteiger partial charge on any atom is -0.395 e. The van der Waals surface area contributed by atoms with Gasteiger partial charge in [-0.1, -0.05) is 0 Å². The van der Waals surface area contributed by atoms with Crippen molar-refractivity contribution in [3.63, 3.8) is 0 Å². The van der Waals surface area contributed by atoms with Crippen LogP contribution in [0.4, 0.5) is 11.4 Å². The molecule has 1 N–H and O–H groups in total. The van der Waals surface area contributed by atoms with E-state index in [2.05, 4.69) is 9.80 Å². The van der Waals surface area contributed by atoms with Crippen molar-refractivity contribution in [2.24, 2.45) is 0 Å². The molecule has 1 aliphatic rings. The van der Waals surface area contributed by atoms with Gasteiger partial charge in [0.1, 0.15) is 0 Å². The van der Waals surface area contributed by atoms with E-state index in [9.17, 15) is 10.1 Å². The number of hydrogen-bond donors (Lipinski definition) is 1. The first kappa shape index (κ1) is 13.8. The van der Waals surface area contributed by atoms with Crippen molar-refractivity contribution in [1.29, 1.82) is 0 Å². The lowest BCUT2D eigenvalue weighted by Crippen LogP contribution is -2.32. The van der Waals surface area contributed by atoms with Crippen LogP contribution < -0.4 is 4.90 Å². The largest absolute Gasteiger partial charge is 0.395 e. The first-order chi connectivity index (χ1) is 9.20. The maximum atomic E-state index is 10.6. The van der Waals surface area contributed by atoms with Gasteiger partial charge in [-0.15, -0.1) is 0 Å². The summed E-state index contributed by atoms with van der Waals surface area (Å²) in [6.45, 7) is 4.64. The van der Waals surface area contributed by atoms with Crippen LogP contribution in [0.5, 0.6) is 0 Å². The Balaban J connectivity index is 1.99. The normalized spacial score (nSPS) is 17.2. The minimum absolute atomic E-state index is 0.125. The molecule has 1 aliphatic heterocycles. The highest BCUT2D eigenvalue weighted by molar-refractivity contribution is 5.50. The molecule has 0 saturated carbocycles. The molecule has 1 heterocycles. The molecule has 0 radical (unpaired) electrons. The molecule has 6 heteroatoms. The second-order valence-corrected chi connectivity index (χ2v) is 4.68. The van der Waals surface area contributed by atoms with Crippen molar-refractivity contribution < 1.29 is 10.0 Å². The van der Waals surface area contributed by atoms with Crippen LogP contribution in [0.3, 0.4) is 0 Å². The van der Waals surface area contributed by atoms with Crippen LogP contribution in [0, 0.1) is 10.1 Å². The first-order valence-electron chi connectivity index (χ1n) is 6.53. The van der Waals surface area contributed by atoms with Gasteiger partial charge in [0.25, 0.3) is 5.69 Å². The number of nitrogens with zero attached hydrogens (tertiary/aromatic N) is 3. The number of β-amino-alcohol motifs (C(OH)–C–C–N with tert-alkyl or cyclic N) is 1. The Kier molecular flexibility index (Phi) is 4.70. The number of nitro groups is 1. The molecule has 0 amide bonds. The van der Waals surface area contributed by atoms with E-state index in [0.717, 1.165) is 38.3 Å². The molecule has 0 bridgehead atoms. The van der Waals surface area contributed by atoms with Crippen LogP contribution in [0.25, 0.3) is 0 Å². The van der Waals surface area contributed by atoms with Gasteiger partial charge in [-0.3, -0.25) is 15.0 Å². The summed E-state index contributed by atoms with van der Waals surface area (Å²) < 4.78 is 0. The van der Waals surface area contributed by atoms with E-state index in [0.29, 0.717) is 6.54 Å². The SMILES string of the molecule is O=[N+]([O-])c1ccc(N2CCCN(CCO)CC2)cc1. The van der Waals surface area contributed by atoms with Gasteiger partial charge in [-0.25, -0.2) is 0 Å². The fraction of sp³-hybridized carbons (Fsp3) is 0.538. The highest BCUT2D eigenvalue weighted by Gasteiger charge is 2.15. The summed E-state index contributed by atoms with van der Waals surface area (Å²) >= 11 is 0. The number of hydrogen-bond acceptors (Lipinski definition) is 5. The van der Waals surface area contributed by atoms with Crippen LogP contribution in [0.1, 0.15) is 6.42 Å². The van der Waals surface area contributed by atoms with Crippen LogP contribution in [0.15, 0.2) is 24.3 Å². The molecule has 104 valence electrons. The third kappa shape index (κ3) is 3.65. The fourth-order valence-electron chi connectivity index (χ4n) is 2.38. The molecule has 0 atom stereocenters. The van der Waals surface area contributed by atoms with E-state index in [4.69, 9.17) is 5.11 Å². The molecular weight excluding hydrogens is 246 g/mol. The van der Waals surface area contributed by atoms with Crippen molar-refractivity contribution in [2.75, 3.05) is 44.2 Å². The number of nitro benzene ring substituents is 1. The molecule has 0 aliphatic carbocycles. The number of rotatable bonds is 4. The Morgan fingerprint density at radius 1 is 1.16 bits per heavy atom. The van der Waals surface area contributed by atoms with E-state index < -0.39 is 0 Å². The Bertz CT molecular complexity index is 422. The van der Waals surface area contributed by atoms with Gasteiger partial charge in [-0.05, 0) is 25.1 Å². The summed E-state index contributed by atoms with van der Waals surface area (Å²) in [5.74, 6) is 0. The number of non-ortho nitro benzene ring substituents is 1. The lowest BCUT2D eigenvalue weighted by molar-refractivity contribution is -0.384. The Hall–Kier alpha value is -1.66. The molecule has 1 fully saturated rings. The molecule has 19 heavy (non-hydrogen) atoms. The summed E-state index contributed by atoms with van der Waals surface area (Å²) in [4.78, 5) is 14.7. The van der Waals surface area contributed by atoms with Crippen molar-refractivity contribution in [1.82, 2.24) is 4.90 Å². The maximum Gasteiger partial charge on any atom is 0.269 e. The van der Waals surface area contributed by atoms with E-state index in [1.165, 1.54) is 0 Å². The zero-order chi connectivity index (χ0) is 13.7. The van der Waals surface area contributed by atoms with Crippen LogP contribution in [-0.2, 0) is 0 Å². The van der Waals surface area contributed by atoms with E-state index in [-0.39, 0.29) is 17.2 Å². The van der Waals surface area contributed by atoms with Crippen LogP contribution in [-0.4, -0.2) is 54.3 Å². The molecule has 1 aromatic carbocycles. The van der Waals surface area contributed by atoms with Gasteiger partial charge in [0.2, 0.25) is 0 Å². The molecule has 0 unspecified atom stereocenters. The predicted octanol–water partition coefficient (Wildman–Crippen LogP) is 1.10. The first-order valence-corrected chi connectivity index (χ1v) is 6.53. The van der Waals surface area contributed by atoms with Crippen molar-refractivity contribution in [3.8, 4) is 0 Å². The topological polar surface area (TPSA) is 69.9 Å². The Labute approximate surface area is 112 Å². The number of benzene rings is 1. The third-order valence-corrected chi connectivity index (χ3v) is 3.43. The fourth-order valence-corrected chi connectivity index (χ4v) is 2.38. The molecular formula is C13H19N3O3. The molecule has 0 aromatic heterocycles. The number of aliphatic hydroxyl groups is 1. The third-order valence-electron chi connectivity index (χ3n) is 3.43. The Morgan fingerprint density at radius 2 is 1.89 bits per heavy atom. The van der Waals surface area contributed by atoms with E-state index in [1.807, 2.05) is 0 Å². The predicted molar refractivity (Wildman–Crippen MR) is 73.5 cm³/mol. The lowest BCUT2D eigenvalue weighted by Gasteiger charge is -2.23. The Morgan fingerprint density at radius 3 is 2.53 bits per heavy atom. The molecule has 1 saturated heterocycles. The summed E-state index contributed by atoms with van der Waals surface area (Å²) in [5, 5.41) is 19.6. The average molecular weight is 265 g/mol. The zero-order valence-corrected chi connectivity index (χ0v) is 10.9. The zero-order valence-electron chi connectivity index (χ0n) is 10.9. The summed E-state index contributed by atoms with van der Waals surface area (Å²) in [5.41, 5.74) is 1.15. The second kappa shape index (κ2) is 6.49. The van der Waals surface area contributed by atoms with Crippen LogP contribution in [0.2, 0.25) is 0 Å². The van der Waals surface area contributed by atoms with Gasteiger partial charge >= 0.3 is 0 Å². The quantitative estimate of drug-likeness (QED) is 0.652. The van der Waals surface area contributed by atoms with Crippen molar-refractivity contribution >= 4 is 11.4 Å². The average Bonchev–Trinajstić information content (AvgIpc) is 2.65. The highest BCUT2D eigenvalue weighted by atomic mass is 16.6. The van der Waals surface area contributed by atoms with E-state index in [1.54, 1.807) is 24.3 Å². The van der Waals surface area contributed by atoms with Gasteiger partial charge in [0, 0.05) is 44.0 Å². The summed E-state index contributed by atoms with van der Waals surface area (Å²) in [6, 6.07) is 6.71. The van der Waals surface area contributed by atoms with E-state index >= 15 is 0 Å². The second-order valence-electron chi connectivity index (χ2n) is 4.68. The van der Waals surface area contributed by atoms with Gasteiger partial charge in [0.05, 0.1) is 11.5 Å². The lowest BCUT2D eigenvalue weighted by atomic mass is 10.2. The smallest absolute Gasteiger partial charge is 0.269 e. The standard InChI is InChI=1S/C13H19N3O3/c17-11-10-14-6-1-7-15(9-8-14)12-2-4-13(5-3-12)16(18)19/h2-5,17H,1,6-11H2. The summed E-state index contributed by atoms with van der Waals surface area (Å²) in [7, 11) is 0. The van der Waals surface area contributed by atoms with Crippen LogP contribution >= 0.6 is 0 Å². The molecule has 2 rings (SSSR count). The highest BCUT2D eigenvalue weighted by Crippen LogP contribution is 2.20. The number of anilines is 1. The molecule has 0 spiro atoms. The summed E-state index contributed by atoms with van der Waals surface area (Å²) in [6.07, 6.45) is 1.04. The van der Waals surface area contributed by atoms with Crippen molar-refractivity contribution in [3.05, 3.63) is 34.4 Å². The van der Waals surface area contributed by atoms with Gasteiger partial charge < -0.3 is 10.0 Å². The monoisotopic (exact) mass is 265 g/mol. The maximum absolute atomic E-state index is 10.6. The van der Waals surface area contributed by atoms with Crippen molar-refractivity contribution in [2.45, 2.75) is 6.42 Å². The molecule has 6 nitrogen and oxygen atoms in total.